The summed E-state index contributed by atoms with van der Waals surface area (Å²) in [5.41, 5.74) is 6.86. The molecule has 2 aromatic carbocycles. The number of anilines is 1. The molecule has 0 aliphatic heterocycles. The molecule has 0 saturated carbocycles. The second-order valence-electron chi connectivity index (χ2n) is 4.26. The highest BCUT2D eigenvalue weighted by Gasteiger charge is 2.22. The van der Waals surface area contributed by atoms with E-state index in [9.17, 15) is 12.8 Å². The Morgan fingerprint density at radius 1 is 1.10 bits per heavy atom. The van der Waals surface area contributed by atoms with Crippen LogP contribution in [0, 0.1) is 5.82 Å². The lowest BCUT2D eigenvalue weighted by atomic mass is 10.2. The maximum atomic E-state index is 12.9. The topological polar surface area (TPSA) is 63.4 Å². The van der Waals surface area contributed by atoms with Crippen molar-refractivity contribution < 1.29 is 12.8 Å². The van der Waals surface area contributed by atoms with Gasteiger partial charge in [0.1, 0.15) is 5.82 Å². The highest BCUT2D eigenvalue weighted by atomic mass is 32.2. The lowest BCUT2D eigenvalue weighted by Crippen LogP contribution is -2.27. The molecule has 0 bridgehead atoms. The lowest BCUT2D eigenvalue weighted by molar-refractivity contribution is 0.593. The molecule has 0 heterocycles. The first-order valence-corrected chi connectivity index (χ1v) is 7.43. The first-order valence-electron chi connectivity index (χ1n) is 5.99. The van der Waals surface area contributed by atoms with Gasteiger partial charge in [0, 0.05) is 13.6 Å². The minimum absolute atomic E-state index is 0.0354. The van der Waals surface area contributed by atoms with Gasteiger partial charge in [-0.3, -0.25) is 4.31 Å². The number of sulfonamides is 1. The summed E-state index contributed by atoms with van der Waals surface area (Å²) < 4.78 is 39.0. The molecule has 106 valence electrons. The molecular weight excluding hydrogens is 279 g/mol. The predicted octanol–water partition coefficient (Wildman–Crippen LogP) is 2.11. The van der Waals surface area contributed by atoms with E-state index in [1.54, 1.807) is 24.3 Å². The maximum absolute atomic E-state index is 12.9. The van der Waals surface area contributed by atoms with E-state index in [2.05, 4.69) is 0 Å². The van der Waals surface area contributed by atoms with Gasteiger partial charge >= 0.3 is 0 Å². The van der Waals surface area contributed by atoms with Crippen molar-refractivity contribution in [2.75, 3.05) is 11.4 Å². The predicted molar refractivity (Wildman–Crippen MR) is 76.3 cm³/mol. The Bertz CT molecular complexity index is 699. The third-order valence-corrected chi connectivity index (χ3v) is 4.81. The third kappa shape index (κ3) is 2.66. The van der Waals surface area contributed by atoms with Crippen molar-refractivity contribution in [1.29, 1.82) is 0 Å². The third-order valence-electron chi connectivity index (χ3n) is 3.02. The van der Waals surface area contributed by atoms with E-state index in [0.29, 0.717) is 5.69 Å². The van der Waals surface area contributed by atoms with Crippen LogP contribution in [0.2, 0.25) is 0 Å². The zero-order chi connectivity index (χ0) is 14.8. The first kappa shape index (κ1) is 14.5. The number of hydrogen-bond acceptors (Lipinski definition) is 3. The lowest BCUT2D eigenvalue weighted by Gasteiger charge is -2.22. The van der Waals surface area contributed by atoms with Crippen LogP contribution >= 0.6 is 0 Å². The van der Waals surface area contributed by atoms with E-state index in [-0.39, 0.29) is 11.4 Å². The highest BCUT2D eigenvalue weighted by Crippen LogP contribution is 2.25. The Morgan fingerprint density at radius 2 is 1.70 bits per heavy atom. The van der Waals surface area contributed by atoms with Gasteiger partial charge in [-0.15, -0.1) is 0 Å². The van der Waals surface area contributed by atoms with Crippen molar-refractivity contribution in [3.8, 4) is 0 Å². The molecule has 2 N–H and O–H groups in total. The van der Waals surface area contributed by atoms with Crippen molar-refractivity contribution in [3.63, 3.8) is 0 Å². The molecule has 0 radical (unpaired) electrons. The fourth-order valence-electron chi connectivity index (χ4n) is 1.88. The summed E-state index contributed by atoms with van der Waals surface area (Å²) in [5, 5.41) is 0. The van der Waals surface area contributed by atoms with E-state index in [4.69, 9.17) is 5.73 Å². The Hall–Kier alpha value is -1.92. The highest BCUT2D eigenvalue weighted by molar-refractivity contribution is 7.92. The van der Waals surface area contributed by atoms with Crippen LogP contribution < -0.4 is 10.0 Å². The molecule has 0 unspecified atom stereocenters. The van der Waals surface area contributed by atoms with Gasteiger partial charge < -0.3 is 5.73 Å². The fraction of sp³-hybridized carbons (Fsp3) is 0.143. The van der Waals surface area contributed by atoms with Crippen LogP contribution in [0.5, 0.6) is 0 Å². The van der Waals surface area contributed by atoms with Gasteiger partial charge in [-0.1, -0.05) is 18.2 Å². The molecule has 0 fully saturated rings. The van der Waals surface area contributed by atoms with Crippen LogP contribution in [0.4, 0.5) is 10.1 Å². The molecule has 20 heavy (non-hydrogen) atoms. The summed E-state index contributed by atoms with van der Waals surface area (Å²) in [7, 11) is -2.28. The average molecular weight is 294 g/mol. The molecule has 0 aliphatic carbocycles. The van der Waals surface area contributed by atoms with E-state index < -0.39 is 15.8 Å². The number of nitrogens with two attached hydrogens (primary N) is 1. The first-order chi connectivity index (χ1) is 9.46. The van der Waals surface area contributed by atoms with Gasteiger partial charge in [-0.2, -0.15) is 0 Å². The van der Waals surface area contributed by atoms with Crippen LogP contribution in [0.15, 0.2) is 53.4 Å². The monoisotopic (exact) mass is 294 g/mol. The SMILES string of the molecule is CN(c1ccccc1CN)S(=O)(=O)c1ccc(F)cc1. The molecule has 4 nitrogen and oxygen atoms in total. The number of benzene rings is 2. The minimum Gasteiger partial charge on any atom is -0.326 e. The second kappa shape index (κ2) is 5.60. The number of halogens is 1. The number of hydrogen-bond donors (Lipinski definition) is 1. The summed E-state index contributed by atoms with van der Waals surface area (Å²) in [5.74, 6) is -0.478. The van der Waals surface area contributed by atoms with Crippen LogP contribution in [-0.2, 0) is 16.6 Å². The van der Waals surface area contributed by atoms with Crippen molar-refractivity contribution in [2.24, 2.45) is 5.73 Å². The molecule has 0 saturated heterocycles. The average Bonchev–Trinajstić information content (AvgIpc) is 2.46. The molecule has 2 rings (SSSR count). The fourth-order valence-corrected chi connectivity index (χ4v) is 3.12. The Balaban J connectivity index is 2.46. The van der Waals surface area contributed by atoms with Crippen LogP contribution in [-0.4, -0.2) is 15.5 Å². The summed E-state index contributed by atoms with van der Waals surface area (Å²) in [6.45, 7) is 0.236. The van der Waals surface area contributed by atoms with Crippen molar-refractivity contribution in [3.05, 3.63) is 59.9 Å². The molecule has 0 spiro atoms. The molecule has 0 amide bonds. The van der Waals surface area contributed by atoms with E-state index in [1.807, 2.05) is 0 Å². The minimum atomic E-state index is -3.73. The van der Waals surface area contributed by atoms with Gasteiger partial charge in [0.2, 0.25) is 0 Å². The molecule has 0 aromatic heterocycles. The Labute approximate surface area is 117 Å². The van der Waals surface area contributed by atoms with Crippen molar-refractivity contribution >= 4 is 15.7 Å². The number of rotatable bonds is 4. The quantitative estimate of drug-likeness (QED) is 0.939. The number of para-hydroxylation sites is 1. The molecular formula is C14H15FN2O2S. The van der Waals surface area contributed by atoms with Gasteiger partial charge in [0.15, 0.2) is 0 Å². The van der Waals surface area contributed by atoms with Gasteiger partial charge in [0.25, 0.3) is 10.0 Å². The largest absolute Gasteiger partial charge is 0.326 e. The summed E-state index contributed by atoms with van der Waals surface area (Å²) in [6, 6.07) is 11.7. The number of nitrogens with zero attached hydrogens (tertiary/aromatic N) is 1. The second-order valence-corrected chi connectivity index (χ2v) is 6.23. The van der Waals surface area contributed by atoms with Crippen molar-refractivity contribution in [2.45, 2.75) is 11.4 Å². The molecule has 6 heteroatoms. The van der Waals surface area contributed by atoms with Gasteiger partial charge in [-0.25, -0.2) is 12.8 Å². The summed E-state index contributed by atoms with van der Waals surface area (Å²) in [4.78, 5) is 0.0354. The van der Waals surface area contributed by atoms with Crippen LogP contribution in [0.3, 0.4) is 0 Å². The summed E-state index contributed by atoms with van der Waals surface area (Å²) >= 11 is 0. The normalized spacial score (nSPS) is 11.3. The van der Waals surface area contributed by atoms with Crippen molar-refractivity contribution in [1.82, 2.24) is 0 Å². The molecule has 0 atom stereocenters. The Kier molecular flexibility index (Phi) is 4.06. The maximum Gasteiger partial charge on any atom is 0.264 e. The smallest absolute Gasteiger partial charge is 0.264 e. The molecule has 2 aromatic rings. The van der Waals surface area contributed by atoms with E-state index >= 15 is 0 Å². The zero-order valence-corrected chi connectivity index (χ0v) is 11.8. The Morgan fingerprint density at radius 3 is 2.30 bits per heavy atom. The van der Waals surface area contributed by atoms with Crippen LogP contribution in [0.25, 0.3) is 0 Å². The van der Waals surface area contributed by atoms with Crippen LogP contribution in [0.1, 0.15) is 5.56 Å². The van der Waals surface area contributed by atoms with Gasteiger partial charge in [0.05, 0.1) is 10.6 Å². The van der Waals surface area contributed by atoms with Gasteiger partial charge in [-0.05, 0) is 35.9 Å². The standard InChI is InChI=1S/C14H15FN2O2S/c1-17(14-5-3-2-4-11(14)10-16)20(18,19)13-8-6-12(15)7-9-13/h2-9H,10,16H2,1H3. The summed E-state index contributed by atoms with van der Waals surface area (Å²) in [6.07, 6.45) is 0. The zero-order valence-electron chi connectivity index (χ0n) is 11.0. The van der Waals surface area contributed by atoms with E-state index in [0.717, 1.165) is 22.0 Å². The molecule has 0 aliphatic rings. The van der Waals surface area contributed by atoms with E-state index in [1.165, 1.54) is 19.2 Å².